The molecule has 0 spiro atoms. The van der Waals surface area contributed by atoms with Gasteiger partial charge in [-0.2, -0.15) is 0 Å². The van der Waals surface area contributed by atoms with Crippen molar-refractivity contribution in [1.82, 2.24) is 0 Å². The number of allylic oxidation sites excluding steroid dienone is 2. The third-order valence-corrected chi connectivity index (χ3v) is 2.25. The second-order valence-corrected chi connectivity index (χ2v) is 3.52. The summed E-state index contributed by atoms with van der Waals surface area (Å²) in [4.78, 5) is 10.1. The van der Waals surface area contributed by atoms with Gasteiger partial charge in [0.05, 0.1) is 0 Å². The number of aryl methyl sites for hydroxylation is 1. The summed E-state index contributed by atoms with van der Waals surface area (Å²) < 4.78 is 0. The van der Waals surface area contributed by atoms with E-state index < -0.39 is 0 Å². The van der Waals surface area contributed by atoms with Gasteiger partial charge in [0.1, 0.15) is 6.29 Å². The van der Waals surface area contributed by atoms with Crippen LogP contribution in [0.4, 0.5) is 0 Å². The molecule has 0 aliphatic heterocycles. The van der Waals surface area contributed by atoms with Crippen molar-refractivity contribution >= 4 is 6.29 Å². The quantitative estimate of drug-likeness (QED) is 0.513. The Kier molecular flexibility index (Phi) is 4.70. The average molecular weight is 188 g/mol. The summed E-state index contributed by atoms with van der Waals surface area (Å²) in [7, 11) is 0. The first-order valence-corrected chi connectivity index (χ1v) is 4.99. The van der Waals surface area contributed by atoms with Crippen LogP contribution in [0.2, 0.25) is 0 Å². The third kappa shape index (κ3) is 4.04. The highest BCUT2D eigenvalue weighted by Crippen LogP contribution is 2.09. The lowest BCUT2D eigenvalue weighted by molar-refractivity contribution is -0.104. The molecule has 1 aromatic rings. The second kappa shape index (κ2) is 6.14. The van der Waals surface area contributed by atoms with Crippen LogP contribution in [-0.4, -0.2) is 6.29 Å². The van der Waals surface area contributed by atoms with Gasteiger partial charge < -0.3 is 0 Å². The first-order valence-electron chi connectivity index (χ1n) is 4.99. The van der Waals surface area contributed by atoms with E-state index >= 15 is 0 Å². The number of hydrogen-bond acceptors (Lipinski definition) is 1. The van der Waals surface area contributed by atoms with Gasteiger partial charge in [-0.15, -0.1) is 0 Å². The molecule has 0 bridgehead atoms. The van der Waals surface area contributed by atoms with Crippen molar-refractivity contribution in [3.63, 3.8) is 0 Å². The summed E-state index contributed by atoms with van der Waals surface area (Å²) in [6.07, 6.45) is 6.53. The Balaban J connectivity index is 2.34. The van der Waals surface area contributed by atoms with E-state index in [9.17, 15) is 4.79 Å². The van der Waals surface area contributed by atoms with E-state index in [-0.39, 0.29) is 0 Å². The predicted molar refractivity (Wildman–Crippen MR) is 59.1 cm³/mol. The Morgan fingerprint density at radius 1 is 1.29 bits per heavy atom. The minimum absolute atomic E-state index is 0.473. The second-order valence-electron chi connectivity index (χ2n) is 3.52. The van der Waals surface area contributed by atoms with Crippen molar-refractivity contribution in [3.8, 4) is 0 Å². The monoisotopic (exact) mass is 188 g/mol. The lowest BCUT2D eigenvalue weighted by Crippen LogP contribution is -1.93. The van der Waals surface area contributed by atoms with Gasteiger partial charge in [-0.05, 0) is 30.4 Å². The molecule has 1 heteroatoms. The van der Waals surface area contributed by atoms with Gasteiger partial charge in [0.15, 0.2) is 0 Å². The summed E-state index contributed by atoms with van der Waals surface area (Å²) in [6, 6.07) is 10.4. The summed E-state index contributed by atoms with van der Waals surface area (Å²) in [5.41, 5.74) is 1.36. The van der Waals surface area contributed by atoms with Crippen molar-refractivity contribution in [2.75, 3.05) is 0 Å². The Bertz CT molecular complexity index is 287. The number of carbonyl (C=O) groups is 1. The Morgan fingerprint density at radius 2 is 2.00 bits per heavy atom. The smallest absolute Gasteiger partial charge is 0.142 e. The van der Waals surface area contributed by atoms with Crippen LogP contribution in [0.3, 0.4) is 0 Å². The van der Waals surface area contributed by atoms with E-state index in [1.54, 1.807) is 6.08 Å². The van der Waals surface area contributed by atoms with Crippen LogP contribution in [0.25, 0.3) is 0 Å². The van der Waals surface area contributed by atoms with Gasteiger partial charge in [0.25, 0.3) is 0 Å². The summed E-state index contributed by atoms with van der Waals surface area (Å²) in [5, 5.41) is 0. The van der Waals surface area contributed by atoms with E-state index in [1.807, 2.05) is 12.1 Å². The highest BCUT2D eigenvalue weighted by molar-refractivity contribution is 5.64. The molecule has 0 aliphatic carbocycles. The SMILES string of the molecule is CC(C=CC=O)CCc1ccccc1. The number of benzene rings is 1. The molecule has 1 aromatic carbocycles. The van der Waals surface area contributed by atoms with Crippen molar-refractivity contribution < 1.29 is 4.79 Å². The van der Waals surface area contributed by atoms with Gasteiger partial charge in [-0.3, -0.25) is 4.79 Å². The molecule has 0 saturated carbocycles. The Labute approximate surface area is 85.5 Å². The van der Waals surface area contributed by atoms with Gasteiger partial charge >= 0.3 is 0 Å². The predicted octanol–water partition coefficient (Wildman–Crippen LogP) is 3.01. The minimum atomic E-state index is 0.473. The first-order chi connectivity index (χ1) is 6.83. The molecule has 0 fully saturated rings. The highest BCUT2D eigenvalue weighted by atomic mass is 16.1. The van der Waals surface area contributed by atoms with E-state index in [1.165, 1.54) is 5.56 Å². The van der Waals surface area contributed by atoms with Gasteiger partial charge in [-0.25, -0.2) is 0 Å². The number of rotatable bonds is 5. The van der Waals surface area contributed by atoms with Gasteiger partial charge in [0.2, 0.25) is 0 Å². The van der Waals surface area contributed by atoms with Crippen molar-refractivity contribution in [3.05, 3.63) is 48.0 Å². The van der Waals surface area contributed by atoms with Gasteiger partial charge in [0, 0.05) is 0 Å². The van der Waals surface area contributed by atoms with Crippen LogP contribution in [0, 0.1) is 5.92 Å². The number of aldehydes is 1. The van der Waals surface area contributed by atoms with Crippen molar-refractivity contribution in [2.24, 2.45) is 5.92 Å². The molecule has 1 unspecified atom stereocenters. The molecule has 0 aliphatic rings. The van der Waals surface area contributed by atoms with Crippen molar-refractivity contribution in [2.45, 2.75) is 19.8 Å². The molecule has 1 nitrogen and oxygen atoms in total. The molecule has 14 heavy (non-hydrogen) atoms. The maximum atomic E-state index is 10.1. The lowest BCUT2D eigenvalue weighted by Gasteiger charge is -2.05. The molecule has 0 radical (unpaired) electrons. The molecule has 0 aromatic heterocycles. The fourth-order valence-corrected chi connectivity index (χ4v) is 1.37. The molecule has 74 valence electrons. The van der Waals surface area contributed by atoms with Gasteiger partial charge in [-0.1, -0.05) is 43.3 Å². The third-order valence-electron chi connectivity index (χ3n) is 2.25. The molecular formula is C13H16O. The fraction of sp³-hybridized carbons (Fsp3) is 0.308. The van der Waals surface area contributed by atoms with E-state index in [2.05, 4.69) is 31.2 Å². The normalized spacial score (nSPS) is 12.9. The molecule has 0 saturated heterocycles. The van der Waals surface area contributed by atoms with Crippen LogP contribution in [0.5, 0.6) is 0 Å². The highest BCUT2D eigenvalue weighted by Gasteiger charge is 1.97. The Morgan fingerprint density at radius 3 is 2.64 bits per heavy atom. The van der Waals surface area contributed by atoms with E-state index in [0.29, 0.717) is 5.92 Å². The standard InChI is InChI=1S/C13H16O/c1-12(6-5-11-14)9-10-13-7-3-2-4-8-13/h2-8,11-12H,9-10H2,1H3. The average Bonchev–Trinajstić information content (AvgIpc) is 2.25. The largest absolute Gasteiger partial charge is 0.299 e. The van der Waals surface area contributed by atoms with E-state index in [4.69, 9.17) is 0 Å². The molecular weight excluding hydrogens is 172 g/mol. The van der Waals surface area contributed by atoms with E-state index in [0.717, 1.165) is 19.1 Å². The Hall–Kier alpha value is -1.37. The summed E-state index contributed by atoms with van der Waals surface area (Å²) in [5.74, 6) is 0.473. The number of hydrogen-bond donors (Lipinski definition) is 0. The van der Waals surface area contributed by atoms with Crippen LogP contribution < -0.4 is 0 Å². The van der Waals surface area contributed by atoms with Crippen LogP contribution in [-0.2, 0) is 11.2 Å². The maximum absolute atomic E-state index is 10.1. The molecule has 0 amide bonds. The maximum Gasteiger partial charge on any atom is 0.142 e. The topological polar surface area (TPSA) is 17.1 Å². The van der Waals surface area contributed by atoms with Crippen molar-refractivity contribution in [1.29, 1.82) is 0 Å². The zero-order valence-corrected chi connectivity index (χ0v) is 8.52. The molecule has 1 rings (SSSR count). The number of carbonyl (C=O) groups excluding carboxylic acids is 1. The van der Waals surface area contributed by atoms with Crippen LogP contribution in [0.1, 0.15) is 18.9 Å². The molecule has 1 atom stereocenters. The lowest BCUT2D eigenvalue weighted by atomic mass is 10.0. The molecule has 0 heterocycles. The zero-order chi connectivity index (χ0) is 10.2. The van der Waals surface area contributed by atoms with Crippen LogP contribution >= 0.6 is 0 Å². The summed E-state index contributed by atoms with van der Waals surface area (Å²) >= 11 is 0. The first kappa shape index (κ1) is 10.7. The summed E-state index contributed by atoms with van der Waals surface area (Å²) in [6.45, 7) is 2.13. The minimum Gasteiger partial charge on any atom is -0.299 e. The fourth-order valence-electron chi connectivity index (χ4n) is 1.37. The van der Waals surface area contributed by atoms with Crippen LogP contribution in [0.15, 0.2) is 42.5 Å². The molecule has 0 N–H and O–H groups in total. The zero-order valence-electron chi connectivity index (χ0n) is 8.52.